The van der Waals surface area contributed by atoms with Crippen molar-refractivity contribution in [3.8, 4) is 0 Å². The second-order valence-electron chi connectivity index (χ2n) is 5.08. The highest BCUT2D eigenvalue weighted by molar-refractivity contribution is 6.45. The minimum absolute atomic E-state index is 0.186. The average molecular weight is 348 g/mol. The first kappa shape index (κ1) is 15.6. The third-order valence-corrected chi connectivity index (χ3v) is 4.39. The van der Waals surface area contributed by atoms with E-state index < -0.39 is 5.97 Å². The standard InChI is InChI=1S/C17H11Cl2NO3/c18-14-5-4-13-12(15(14)19)6-7-20(16(13)21)9-10-2-1-3-11(8-10)17(22)23/h1-8H,9H2,(H,22,23). The van der Waals surface area contributed by atoms with Crippen molar-refractivity contribution < 1.29 is 9.90 Å². The first-order valence-corrected chi connectivity index (χ1v) is 7.52. The number of aromatic carboxylic acids is 1. The molecule has 116 valence electrons. The SMILES string of the molecule is O=C(O)c1cccc(Cn2ccc3c(Cl)c(Cl)ccc3c2=O)c1. The Labute approximate surface area is 141 Å². The summed E-state index contributed by atoms with van der Waals surface area (Å²) in [5.41, 5.74) is 0.708. The van der Waals surface area contributed by atoms with Gasteiger partial charge in [-0.3, -0.25) is 4.79 Å². The fraction of sp³-hybridized carbons (Fsp3) is 0.0588. The van der Waals surface area contributed by atoms with Gasteiger partial charge in [-0.1, -0.05) is 35.3 Å². The molecule has 0 aliphatic carbocycles. The van der Waals surface area contributed by atoms with E-state index in [1.807, 2.05) is 0 Å². The molecule has 0 radical (unpaired) electrons. The van der Waals surface area contributed by atoms with Gasteiger partial charge in [0.15, 0.2) is 0 Å². The number of hydrogen-bond donors (Lipinski definition) is 1. The van der Waals surface area contributed by atoms with Crippen molar-refractivity contribution in [2.24, 2.45) is 0 Å². The second kappa shape index (κ2) is 6.07. The Morgan fingerprint density at radius 1 is 1.09 bits per heavy atom. The van der Waals surface area contributed by atoms with E-state index in [4.69, 9.17) is 28.3 Å². The van der Waals surface area contributed by atoms with Crippen LogP contribution >= 0.6 is 23.2 Å². The van der Waals surface area contributed by atoms with Crippen LogP contribution in [0.5, 0.6) is 0 Å². The van der Waals surface area contributed by atoms with Gasteiger partial charge in [0.05, 0.1) is 22.2 Å². The highest BCUT2D eigenvalue weighted by Crippen LogP contribution is 2.28. The minimum Gasteiger partial charge on any atom is -0.478 e. The van der Waals surface area contributed by atoms with E-state index in [2.05, 4.69) is 0 Å². The number of fused-ring (bicyclic) bond motifs is 1. The summed E-state index contributed by atoms with van der Waals surface area (Å²) in [5, 5.41) is 10.8. The maximum absolute atomic E-state index is 12.6. The molecule has 3 rings (SSSR count). The summed E-state index contributed by atoms with van der Waals surface area (Å²) in [6.07, 6.45) is 1.63. The van der Waals surface area contributed by atoms with Crippen LogP contribution in [0.15, 0.2) is 53.5 Å². The van der Waals surface area contributed by atoms with Gasteiger partial charge in [-0.25, -0.2) is 4.79 Å². The van der Waals surface area contributed by atoms with Crippen molar-refractivity contribution in [1.29, 1.82) is 0 Å². The van der Waals surface area contributed by atoms with Gasteiger partial charge in [-0.2, -0.15) is 0 Å². The zero-order valence-corrected chi connectivity index (χ0v) is 13.3. The summed E-state index contributed by atoms with van der Waals surface area (Å²) in [4.78, 5) is 23.6. The molecule has 0 bridgehead atoms. The Kier molecular flexibility index (Phi) is 4.11. The lowest BCUT2D eigenvalue weighted by molar-refractivity contribution is 0.0696. The van der Waals surface area contributed by atoms with Crippen molar-refractivity contribution in [3.63, 3.8) is 0 Å². The van der Waals surface area contributed by atoms with E-state index in [0.717, 1.165) is 5.56 Å². The quantitative estimate of drug-likeness (QED) is 0.777. The summed E-state index contributed by atoms with van der Waals surface area (Å²) in [6.45, 7) is 0.274. The van der Waals surface area contributed by atoms with Crippen molar-refractivity contribution in [1.82, 2.24) is 4.57 Å². The molecule has 1 aromatic heterocycles. The first-order valence-electron chi connectivity index (χ1n) is 6.77. The molecule has 0 amide bonds. The zero-order chi connectivity index (χ0) is 16.6. The lowest BCUT2D eigenvalue weighted by Crippen LogP contribution is -2.20. The van der Waals surface area contributed by atoms with E-state index in [9.17, 15) is 9.59 Å². The van der Waals surface area contributed by atoms with Crippen LogP contribution in [0.25, 0.3) is 10.8 Å². The maximum Gasteiger partial charge on any atom is 0.335 e. The largest absolute Gasteiger partial charge is 0.478 e. The highest BCUT2D eigenvalue weighted by Gasteiger charge is 2.10. The van der Waals surface area contributed by atoms with E-state index >= 15 is 0 Å². The van der Waals surface area contributed by atoms with Crippen molar-refractivity contribution >= 4 is 39.9 Å². The van der Waals surface area contributed by atoms with Gasteiger partial charge in [0.25, 0.3) is 5.56 Å². The summed E-state index contributed by atoms with van der Waals surface area (Å²) >= 11 is 12.1. The number of aromatic nitrogens is 1. The summed E-state index contributed by atoms with van der Waals surface area (Å²) < 4.78 is 1.51. The second-order valence-corrected chi connectivity index (χ2v) is 5.86. The molecule has 0 unspecified atom stereocenters. The van der Waals surface area contributed by atoms with Crippen LogP contribution in [0.1, 0.15) is 15.9 Å². The molecule has 0 saturated carbocycles. The number of carbonyl (C=O) groups is 1. The van der Waals surface area contributed by atoms with Gasteiger partial charge < -0.3 is 9.67 Å². The molecule has 0 aliphatic rings. The summed E-state index contributed by atoms with van der Waals surface area (Å²) in [7, 11) is 0. The lowest BCUT2D eigenvalue weighted by Gasteiger charge is -2.09. The van der Waals surface area contributed by atoms with Gasteiger partial charge in [0.2, 0.25) is 0 Å². The Bertz CT molecular complexity index is 979. The van der Waals surface area contributed by atoms with Crippen LogP contribution < -0.4 is 5.56 Å². The predicted octanol–water partition coefficient (Wildman–Crippen LogP) is 4.05. The molecular formula is C17H11Cl2NO3. The Balaban J connectivity index is 2.06. The van der Waals surface area contributed by atoms with Gasteiger partial charge in [0, 0.05) is 17.0 Å². The van der Waals surface area contributed by atoms with Gasteiger partial charge >= 0.3 is 5.97 Å². The third-order valence-electron chi connectivity index (χ3n) is 3.57. The molecule has 3 aromatic rings. The fourth-order valence-corrected chi connectivity index (χ4v) is 2.82. The average Bonchev–Trinajstić information content (AvgIpc) is 2.54. The number of halogens is 2. The van der Waals surface area contributed by atoms with Crippen LogP contribution in [0.3, 0.4) is 0 Å². The van der Waals surface area contributed by atoms with Crippen LogP contribution in [-0.4, -0.2) is 15.6 Å². The van der Waals surface area contributed by atoms with Gasteiger partial charge in [-0.15, -0.1) is 0 Å². The van der Waals surface area contributed by atoms with Gasteiger partial charge in [0.1, 0.15) is 0 Å². The smallest absolute Gasteiger partial charge is 0.335 e. The van der Waals surface area contributed by atoms with E-state index in [0.29, 0.717) is 20.8 Å². The number of nitrogens with zero attached hydrogens (tertiary/aromatic N) is 1. The van der Waals surface area contributed by atoms with Crippen molar-refractivity contribution in [2.75, 3.05) is 0 Å². The van der Waals surface area contributed by atoms with Crippen LogP contribution in [0.2, 0.25) is 10.0 Å². The molecule has 4 nitrogen and oxygen atoms in total. The maximum atomic E-state index is 12.6. The third kappa shape index (κ3) is 2.96. The molecule has 0 saturated heterocycles. The van der Waals surface area contributed by atoms with Crippen LogP contribution in [0, 0.1) is 0 Å². The van der Waals surface area contributed by atoms with Crippen molar-refractivity contribution in [2.45, 2.75) is 6.54 Å². The molecule has 1 heterocycles. The number of carboxylic acid groups (broad SMARTS) is 1. The monoisotopic (exact) mass is 347 g/mol. The zero-order valence-electron chi connectivity index (χ0n) is 11.8. The normalized spacial score (nSPS) is 10.9. The Morgan fingerprint density at radius 3 is 2.61 bits per heavy atom. The van der Waals surface area contributed by atoms with Gasteiger partial charge in [-0.05, 0) is 35.9 Å². The number of pyridine rings is 1. The van der Waals surface area contributed by atoms with E-state index in [1.54, 1.807) is 42.6 Å². The molecule has 2 aromatic carbocycles. The van der Waals surface area contributed by atoms with E-state index in [-0.39, 0.29) is 17.7 Å². The molecule has 6 heteroatoms. The summed E-state index contributed by atoms with van der Waals surface area (Å²) in [6, 6.07) is 11.4. The highest BCUT2D eigenvalue weighted by atomic mass is 35.5. The predicted molar refractivity (Wildman–Crippen MR) is 90.7 cm³/mol. The fourth-order valence-electron chi connectivity index (χ4n) is 2.43. The van der Waals surface area contributed by atoms with Crippen LogP contribution in [0.4, 0.5) is 0 Å². The molecule has 0 aliphatic heterocycles. The molecule has 0 spiro atoms. The molecule has 1 N–H and O–H groups in total. The van der Waals surface area contributed by atoms with E-state index in [1.165, 1.54) is 10.6 Å². The summed E-state index contributed by atoms with van der Waals surface area (Å²) in [5.74, 6) is -1.00. The minimum atomic E-state index is -1.00. The van der Waals surface area contributed by atoms with Crippen molar-refractivity contribution in [3.05, 3.63) is 80.2 Å². The first-order chi connectivity index (χ1) is 11.0. The lowest BCUT2D eigenvalue weighted by atomic mass is 10.1. The molecule has 0 fully saturated rings. The Morgan fingerprint density at radius 2 is 1.87 bits per heavy atom. The number of benzene rings is 2. The van der Waals surface area contributed by atoms with Crippen LogP contribution in [-0.2, 0) is 6.54 Å². The Hall–Kier alpha value is -2.30. The molecular weight excluding hydrogens is 337 g/mol. The number of carboxylic acids is 1. The molecule has 23 heavy (non-hydrogen) atoms. The number of hydrogen-bond acceptors (Lipinski definition) is 2. The number of rotatable bonds is 3. The molecule has 0 atom stereocenters. The topological polar surface area (TPSA) is 59.3 Å².